The first kappa shape index (κ1) is 19.4. The molecule has 1 aromatic carbocycles. The van der Waals surface area contributed by atoms with Gasteiger partial charge in [0.1, 0.15) is 5.75 Å². The molecule has 0 bridgehead atoms. The van der Waals surface area contributed by atoms with E-state index in [0.717, 1.165) is 36.1 Å². The lowest BCUT2D eigenvalue weighted by molar-refractivity contribution is -0.132. The molecule has 0 heterocycles. The van der Waals surface area contributed by atoms with Crippen molar-refractivity contribution in [3.05, 3.63) is 52.6 Å². The van der Waals surface area contributed by atoms with Crippen LogP contribution < -0.4 is 4.74 Å². The number of rotatable bonds is 9. The number of hydrogen-bond donors (Lipinski definition) is 1. The van der Waals surface area contributed by atoms with Gasteiger partial charge in [0.2, 0.25) is 0 Å². The van der Waals surface area contributed by atoms with E-state index in [1.807, 2.05) is 12.1 Å². The first-order valence-electron chi connectivity index (χ1n) is 10.0. The Kier molecular flexibility index (Phi) is 6.49. The van der Waals surface area contributed by atoms with E-state index in [1.54, 1.807) is 12.2 Å². The third-order valence-corrected chi connectivity index (χ3v) is 5.40. The van der Waals surface area contributed by atoms with Crippen LogP contribution in [0.3, 0.4) is 0 Å². The number of carboxylic acid groups (broad SMARTS) is 1. The van der Waals surface area contributed by atoms with Crippen LogP contribution in [-0.4, -0.2) is 23.5 Å². The highest BCUT2D eigenvalue weighted by Gasteiger charge is 2.23. The molecule has 1 atom stereocenters. The first-order chi connectivity index (χ1) is 13.1. The fourth-order valence-electron chi connectivity index (χ4n) is 3.81. The smallest absolute Gasteiger partial charge is 0.331 e. The number of carbonyl (C=O) groups is 2. The Hall–Kier alpha value is -2.36. The van der Waals surface area contributed by atoms with Gasteiger partial charge in [0.05, 0.1) is 6.61 Å². The first-order valence-corrected chi connectivity index (χ1v) is 10.0. The van der Waals surface area contributed by atoms with Crippen LogP contribution in [0.15, 0.2) is 35.9 Å². The van der Waals surface area contributed by atoms with Crippen LogP contribution in [0.2, 0.25) is 0 Å². The van der Waals surface area contributed by atoms with Gasteiger partial charge in [-0.2, -0.15) is 0 Å². The van der Waals surface area contributed by atoms with Gasteiger partial charge < -0.3 is 9.84 Å². The molecule has 27 heavy (non-hydrogen) atoms. The number of carboxylic acids is 1. The van der Waals surface area contributed by atoms with Gasteiger partial charge in [0.15, 0.2) is 5.78 Å². The Bertz CT molecular complexity index is 773. The van der Waals surface area contributed by atoms with Crippen LogP contribution in [-0.2, 0) is 17.6 Å². The lowest BCUT2D eigenvalue weighted by Crippen LogP contribution is -2.16. The fourth-order valence-corrected chi connectivity index (χ4v) is 3.81. The Morgan fingerprint density at radius 3 is 2.85 bits per heavy atom. The van der Waals surface area contributed by atoms with E-state index in [9.17, 15) is 14.7 Å². The molecule has 1 unspecified atom stereocenters. The molecule has 4 heteroatoms. The highest BCUT2D eigenvalue weighted by Crippen LogP contribution is 2.32. The number of ether oxygens (including phenoxy) is 1. The molecule has 0 fully saturated rings. The van der Waals surface area contributed by atoms with Crippen molar-refractivity contribution in [3.63, 3.8) is 0 Å². The average Bonchev–Trinajstić information content (AvgIpc) is 3.03. The third kappa shape index (κ3) is 4.88. The number of aryl methyl sites for hydroxylation is 2. The van der Waals surface area contributed by atoms with Crippen LogP contribution in [0.4, 0.5) is 0 Å². The number of ketones is 1. The van der Waals surface area contributed by atoms with Crippen molar-refractivity contribution in [2.75, 3.05) is 6.61 Å². The number of allylic oxidation sites excluding steroid dienone is 2. The summed E-state index contributed by atoms with van der Waals surface area (Å²) in [5.41, 5.74) is 3.53. The normalized spacial score (nSPS) is 18.3. The molecule has 0 saturated carbocycles. The number of unbranched alkanes of at least 4 members (excludes halogenated alkanes) is 3. The van der Waals surface area contributed by atoms with Crippen molar-refractivity contribution in [2.24, 2.45) is 5.92 Å². The molecule has 1 N–H and O–H groups in total. The van der Waals surface area contributed by atoms with Crippen molar-refractivity contribution in [1.29, 1.82) is 0 Å². The largest absolute Gasteiger partial charge is 0.493 e. The van der Waals surface area contributed by atoms with E-state index < -0.39 is 5.97 Å². The van der Waals surface area contributed by atoms with Crippen LogP contribution in [0.25, 0.3) is 0 Å². The van der Waals surface area contributed by atoms with Gasteiger partial charge in [-0.15, -0.1) is 0 Å². The van der Waals surface area contributed by atoms with E-state index >= 15 is 0 Å². The summed E-state index contributed by atoms with van der Waals surface area (Å²) in [6.45, 7) is 2.63. The Labute approximate surface area is 160 Å². The molecule has 0 aliphatic heterocycles. The minimum Gasteiger partial charge on any atom is -0.493 e. The van der Waals surface area contributed by atoms with Crippen LogP contribution in [0.1, 0.15) is 66.9 Å². The standard InChI is InChI=1S/C23H28O4/c1-2-3-4-5-8-18-13-17-10-11-21(24)20(17)14-22(18)27-15-16-7-6-9-19(12-16)23(25)26/h6-7,9,13-14,16H,2-5,8,10-12,15H2,1H3,(H,25,26). The minimum absolute atomic E-state index is 0.0398. The molecule has 0 radical (unpaired) electrons. The van der Waals surface area contributed by atoms with Gasteiger partial charge in [-0.3, -0.25) is 4.79 Å². The summed E-state index contributed by atoms with van der Waals surface area (Å²) in [7, 11) is 0. The van der Waals surface area contributed by atoms with Crippen molar-refractivity contribution >= 4 is 11.8 Å². The molecule has 2 aliphatic rings. The average molecular weight is 368 g/mol. The highest BCUT2D eigenvalue weighted by atomic mass is 16.5. The summed E-state index contributed by atoms with van der Waals surface area (Å²) in [5.74, 6) is 0.156. The van der Waals surface area contributed by atoms with Crippen LogP contribution >= 0.6 is 0 Å². The zero-order valence-corrected chi connectivity index (χ0v) is 16.0. The monoisotopic (exact) mass is 368 g/mol. The molecule has 0 saturated heterocycles. The maximum Gasteiger partial charge on any atom is 0.331 e. The Morgan fingerprint density at radius 1 is 1.22 bits per heavy atom. The number of hydrogen-bond acceptors (Lipinski definition) is 3. The summed E-state index contributed by atoms with van der Waals surface area (Å²) < 4.78 is 6.11. The van der Waals surface area contributed by atoms with Gasteiger partial charge in [0.25, 0.3) is 0 Å². The minimum atomic E-state index is -0.871. The number of benzene rings is 1. The number of carbonyl (C=O) groups excluding carboxylic acids is 1. The summed E-state index contributed by atoms with van der Waals surface area (Å²) in [6.07, 6.45) is 13.0. The van der Waals surface area contributed by atoms with E-state index in [0.29, 0.717) is 25.0 Å². The van der Waals surface area contributed by atoms with Crippen LogP contribution in [0.5, 0.6) is 5.75 Å². The Balaban J connectivity index is 1.70. The van der Waals surface area contributed by atoms with Crippen LogP contribution in [0, 0.1) is 5.92 Å². The zero-order valence-electron chi connectivity index (χ0n) is 16.0. The predicted molar refractivity (Wildman–Crippen MR) is 105 cm³/mol. The molecule has 4 nitrogen and oxygen atoms in total. The number of Topliss-reactive ketones (excluding diaryl/α,β-unsaturated/α-hetero) is 1. The molecule has 0 spiro atoms. The molecule has 1 aromatic rings. The van der Waals surface area contributed by atoms with E-state index in [4.69, 9.17) is 4.74 Å². The zero-order chi connectivity index (χ0) is 19.2. The molecule has 0 amide bonds. The van der Waals surface area contributed by atoms with E-state index in [1.165, 1.54) is 24.8 Å². The lowest BCUT2D eigenvalue weighted by Gasteiger charge is -2.19. The maximum atomic E-state index is 12.1. The van der Waals surface area contributed by atoms with Gasteiger partial charge >= 0.3 is 5.97 Å². The summed E-state index contributed by atoms with van der Waals surface area (Å²) in [6, 6.07) is 4.07. The van der Waals surface area contributed by atoms with Crippen molar-refractivity contribution in [1.82, 2.24) is 0 Å². The Morgan fingerprint density at radius 2 is 2.07 bits per heavy atom. The second kappa shape index (κ2) is 9.03. The summed E-state index contributed by atoms with van der Waals surface area (Å²) in [5, 5.41) is 9.18. The van der Waals surface area contributed by atoms with Crippen molar-refractivity contribution in [3.8, 4) is 5.75 Å². The molecular formula is C23H28O4. The predicted octanol–water partition coefficient (Wildman–Crippen LogP) is 4.90. The summed E-state index contributed by atoms with van der Waals surface area (Å²) >= 11 is 0. The SMILES string of the molecule is CCCCCCc1cc2c(cc1OCC1C=CC=C(C(=O)O)C1)C(=O)CC2. The number of aliphatic carboxylic acids is 1. The third-order valence-electron chi connectivity index (χ3n) is 5.40. The van der Waals surface area contributed by atoms with E-state index in [2.05, 4.69) is 13.0 Å². The van der Waals surface area contributed by atoms with Gasteiger partial charge in [0, 0.05) is 23.5 Å². The molecular weight excluding hydrogens is 340 g/mol. The molecule has 0 aromatic heterocycles. The van der Waals surface area contributed by atoms with Gasteiger partial charge in [-0.1, -0.05) is 50.5 Å². The highest BCUT2D eigenvalue weighted by molar-refractivity contribution is 6.00. The summed E-state index contributed by atoms with van der Waals surface area (Å²) in [4.78, 5) is 23.3. The maximum absolute atomic E-state index is 12.1. The molecule has 2 aliphatic carbocycles. The second-order valence-electron chi connectivity index (χ2n) is 7.51. The van der Waals surface area contributed by atoms with E-state index in [-0.39, 0.29) is 11.7 Å². The number of fused-ring (bicyclic) bond motifs is 1. The van der Waals surface area contributed by atoms with Gasteiger partial charge in [-0.25, -0.2) is 4.79 Å². The van der Waals surface area contributed by atoms with Gasteiger partial charge in [-0.05, 0) is 42.9 Å². The molecule has 144 valence electrons. The van der Waals surface area contributed by atoms with Crippen molar-refractivity contribution in [2.45, 2.75) is 58.3 Å². The quantitative estimate of drug-likeness (QED) is 0.630. The molecule has 3 rings (SSSR count). The fraction of sp³-hybridized carbons (Fsp3) is 0.478. The topological polar surface area (TPSA) is 63.6 Å². The van der Waals surface area contributed by atoms with Crippen molar-refractivity contribution < 1.29 is 19.4 Å². The lowest BCUT2D eigenvalue weighted by atomic mass is 9.95. The second-order valence-corrected chi connectivity index (χ2v) is 7.51.